The average molecular weight is 328 g/mol. The van der Waals surface area contributed by atoms with Crippen molar-refractivity contribution in [3.63, 3.8) is 0 Å². The van der Waals surface area contributed by atoms with Gasteiger partial charge >= 0.3 is 0 Å². The first-order chi connectivity index (χ1) is 11.8. The molecule has 0 spiro atoms. The number of amides is 1. The van der Waals surface area contributed by atoms with E-state index in [2.05, 4.69) is 20.6 Å². The number of hydrogen-bond donors (Lipinski definition) is 3. The topological polar surface area (TPSA) is 96.4 Å². The molecule has 7 nitrogen and oxygen atoms in total. The van der Waals surface area contributed by atoms with Crippen LogP contribution >= 0.6 is 0 Å². The molecule has 7 heteroatoms. The van der Waals surface area contributed by atoms with Crippen LogP contribution in [0.2, 0.25) is 0 Å². The molecular weight excluding hydrogens is 308 g/mol. The Labute approximate surface area is 140 Å². The smallest absolute Gasteiger partial charge is 0.251 e. The number of carbonyl (C=O) groups excluding carboxylic acids is 1. The van der Waals surface area contributed by atoms with Gasteiger partial charge in [0.25, 0.3) is 5.91 Å². The first kappa shape index (κ1) is 16.4. The summed E-state index contributed by atoms with van der Waals surface area (Å²) in [7, 11) is 0. The lowest BCUT2D eigenvalue weighted by atomic mass is 10.0. The van der Waals surface area contributed by atoms with Crippen LogP contribution in [0.25, 0.3) is 0 Å². The summed E-state index contributed by atoms with van der Waals surface area (Å²) in [5.41, 5.74) is 1.25. The van der Waals surface area contributed by atoms with Gasteiger partial charge in [0.15, 0.2) is 0 Å². The number of anilines is 1. The number of aliphatic hydroxyl groups is 1. The molecule has 1 aliphatic rings. The Morgan fingerprint density at radius 1 is 1.33 bits per heavy atom. The van der Waals surface area contributed by atoms with Crippen LogP contribution in [-0.4, -0.2) is 46.3 Å². The van der Waals surface area contributed by atoms with Crippen molar-refractivity contribution >= 4 is 11.7 Å². The molecule has 0 unspecified atom stereocenters. The van der Waals surface area contributed by atoms with Gasteiger partial charge in [0, 0.05) is 18.4 Å². The van der Waals surface area contributed by atoms with Crippen molar-refractivity contribution in [3.8, 4) is 0 Å². The Kier molecular flexibility index (Phi) is 5.35. The van der Waals surface area contributed by atoms with E-state index in [-0.39, 0.29) is 24.6 Å². The summed E-state index contributed by atoms with van der Waals surface area (Å²) >= 11 is 0. The molecule has 0 bridgehead atoms. The fourth-order valence-corrected chi connectivity index (χ4v) is 2.68. The summed E-state index contributed by atoms with van der Waals surface area (Å²) in [6.07, 6.45) is 3.85. The van der Waals surface area contributed by atoms with Gasteiger partial charge in [-0.05, 0) is 30.2 Å². The SMILES string of the molecule is O=C(N[C@H]1CCOC[C@H]1Nc1ccncn1)c1cccc(CO)c1. The summed E-state index contributed by atoms with van der Waals surface area (Å²) in [5.74, 6) is 0.536. The number of ether oxygens (including phenoxy) is 1. The van der Waals surface area contributed by atoms with Crippen LogP contribution < -0.4 is 10.6 Å². The van der Waals surface area contributed by atoms with Crippen LogP contribution in [0.4, 0.5) is 5.82 Å². The number of rotatable bonds is 5. The molecule has 24 heavy (non-hydrogen) atoms. The molecule has 0 aliphatic carbocycles. The quantitative estimate of drug-likeness (QED) is 0.757. The zero-order chi connectivity index (χ0) is 16.8. The summed E-state index contributed by atoms with van der Waals surface area (Å²) in [6, 6.07) is 8.62. The van der Waals surface area contributed by atoms with Gasteiger partial charge in [-0.3, -0.25) is 4.79 Å². The number of nitrogens with zero attached hydrogens (tertiary/aromatic N) is 2. The average Bonchev–Trinajstić information content (AvgIpc) is 2.64. The number of nitrogens with one attached hydrogen (secondary N) is 2. The Bertz CT molecular complexity index is 681. The zero-order valence-corrected chi connectivity index (χ0v) is 13.2. The predicted octanol–water partition coefficient (Wildman–Crippen LogP) is 0.968. The van der Waals surface area contributed by atoms with Crippen LogP contribution in [0.1, 0.15) is 22.3 Å². The third kappa shape index (κ3) is 4.06. The molecule has 2 atom stereocenters. The monoisotopic (exact) mass is 328 g/mol. The number of carbonyl (C=O) groups is 1. The molecular formula is C17H20N4O3. The summed E-state index contributed by atoms with van der Waals surface area (Å²) in [4.78, 5) is 20.5. The second-order valence-corrected chi connectivity index (χ2v) is 5.65. The van der Waals surface area contributed by atoms with Crippen molar-refractivity contribution < 1.29 is 14.6 Å². The molecule has 2 aromatic rings. The van der Waals surface area contributed by atoms with E-state index in [1.54, 1.807) is 36.5 Å². The first-order valence-corrected chi connectivity index (χ1v) is 7.87. The van der Waals surface area contributed by atoms with E-state index >= 15 is 0 Å². The standard InChI is InChI=1S/C17H20N4O3/c22-9-12-2-1-3-13(8-12)17(23)21-14-5-7-24-10-15(14)20-16-4-6-18-11-19-16/h1-4,6,8,11,14-15,22H,5,7,9-10H2,(H,21,23)(H,18,19,20)/t14-,15+/m0/s1. The number of benzene rings is 1. The molecule has 1 saturated heterocycles. The van der Waals surface area contributed by atoms with Gasteiger partial charge < -0.3 is 20.5 Å². The highest BCUT2D eigenvalue weighted by Gasteiger charge is 2.27. The van der Waals surface area contributed by atoms with Crippen molar-refractivity contribution in [2.45, 2.75) is 25.1 Å². The maximum Gasteiger partial charge on any atom is 0.251 e. The molecule has 1 fully saturated rings. The minimum atomic E-state index is -0.160. The van der Waals surface area contributed by atoms with Crippen LogP contribution in [0, 0.1) is 0 Å². The van der Waals surface area contributed by atoms with Gasteiger partial charge in [-0.2, -0.15) is 0 Å². The van der Waals surface area contributed by atoms with Gasteiger partial charge in [-0.1, -0.05) is 12.1 Å². The van der Waals surface area contributed by atoms with Crippen LogP contribution in [-0.2, 0) is 11.3 Å². The van der Waals surface area contributed by atoms with E-state index < -0.39 is 0 Å². The second-order valence-electron chi connectivity index (χ2n) is 5.65. The Morgan fingerprint density at radius 2 is 2.25 bits per heavy atom. The highest BCUT2D eigenvalue weighted by Crippen LogP contribution is 2.14. The Hall–Kier alpha value is -2.51. The lowest BCUT2D eigenvalue weighted by Gasteiger charge is -2.33. The van der Waals surface area contributed by atoms with Crippen LogP contribution in [0.15, 0.2) is 42.9 Å². The molecule has 1 amide bonds. The summed E-state index contributed by atoms with van der Waals surface area (Å²) < 4.78 is 5.52. The van der Waals surface area contributed by atoms with Crippen molar-refractivity contribution in [3.05, 3.63) is 54.0 Å². The zero-order valence-electron chi connectivity index (χ0n) is 13.2. The van der Waals surface area contributed by atoms with Gasteiger partial charge in [-0.15, -0.1) is 0 Å². The minimum absolute atomic E-state index is 0.0704. The molecule has 1 aromatic heterocycles. The van der Waals surface area contributed by atoms with Crippen LogP contribution in [0.3, 0.4) is 0 Å². The second kappa shape index (κ2) is 7.85. The van der Waals surface area contributed by atoms with Gasteiger partial charge in [0.2, 0.25) is 0 Å². The number of aromatic nitrogens is 2. The van der Waals surface area contributed by atoms with E-state index in [4.69, 9.17) is 4.74 Å². The third-order valence-electron chi connectivity index (χ3n) is 3.96. The van der Waals surface area contributed by atoms with Gasteiger partial charge in [-0.25, -0.2) is 9.97 Å². The summed E-state index contributed by atoms with van der Waals surface area (Å²) in [5, 5.41) is 15.5. The lowest BCUT2D eigenvalue weighted by Crippen LogP contribution is -2.52. The minimum Gasteiger partial charge on any atom is -0.392 e. The third-order valence-corrected chi connectivity index (χ3v) is 3.96. The first-order valence-electron chi connectivity index (χ1n) is 7.87. The van der Waals surface area contributed by atoms with Crippen molar-refractivity contribution in [1.29, 1.82) is 0 Å². The molecule has 1 aromatic carbocycles. The lowest BCUT2D eigenvalue weighted by molar-refractivity contribution is 0.0620. The van der Waals surface area contributed by atoms with E-state index in [1.165, 1.54) is 6.33 Å². The van der Waals surface area contributed by atoms with E-state index in [1.807, 2.05) is 0 Å². The Balaban J connectivity index is 1.67. The molecule has 3 N–H and O–H groups in total. The molecule has 1 aliphatic heterocycles. The Morgan fingerprint density at radius 3 is 3.04 bits per heavy atom. The highest BCUT2D eigenvalue weighted by atomic mass is 16.5. The molecule has 0 saturated carbocycles. The van der Waals surface area contributed by atoms with Crippen molar-refractivity contribution in [1.82, 2.24) is 15.3 Å². The fraction of sp³-hybridized carbons (Fsp3) is 0.353. The normalized spacial score (nSPS) is 20.4. The predicted molar refractivity (Wildman–Crippen MR) is 88.5 cm³/mol. The van der Waals surface area contributed by atoms with Crippen molar-refractivity contribution in [2.24, 2.45) is 0 Å². The molecule has 126 valence electrons. The van der Waals surface area contributed by atoms with Gasteiger partial charge in [0.1, 0.15) is 12.1 Å². The summed E-state index contributed by atoms with van der Waals surface area (Å²) in [6.45, 7) is 1.01. The van der Waals surface area contributed by atoms with E-state index in [0.29, 0.717) is 36.6 Å². The number of aliphatic hydroxyl groups excluding tert-OH is 1. The maximum absolute atomic E-state index is 12.5. The van der Waals surface area contributed by atoms with Crippen LogP contribution in [0.5, 0.6) is 0 Å². The van der Waals surface area contributed by atoms with E-state index in [0.717, 1.165) is 0 Å². The fourth-order valence-electron chi connectivity index (χ4n) is 2.68. The molecule has 3 rings (SSSR count). The van der Waals surface area contributed by atoms with E-state index in [9.17, 15) is 9.90 Å². The highest BCUT2D eigenvalue weighted by molar-refractivity contribution is 5.94. The van der Waals surface area contributed by atoms with Gasteiger partial charge in [0.05, 0.1) is 25.3 Å². The number of hydrogen-bond acceptors (Lipinski definition) is 6. The largest absolute Gasteiger partial charge is 0.392 e. The molecule has 2 heterocycles. The maximum atomic E-state index is 12.5. The molecule has 0 radical (unpaired) electrons. The van der Waals surface area contributed by atoms with Crippen molar-refractivity contribution in [2.75, 3.05) is 18.5 Å².